The number of fused-ring (bicyclic) bond motifs is 11. The van der Waals surface area contributed by atoms with Crippen molar-refractivity contribution in [1.82, 2.24) is 0 Å². The van der Waals surface area contributed by atoms with Crippen molar-refractivity contribution in [3.63, 3.8) is 0 Å². The van der Waals surface area contributed by atoms with Crippen molar-refractivity contribution in [2.45, 2.75) is 88.9 Å². The minimum Gasteiger partial charge on any atom is -0.456 e. The van der Waals surface area contributed by atoms with Gasteiger partial charge in [0.15, 0.2) is 0 Å². The highest BCUT2D eigenvalue weighted by Gasteiger charge is 2.58. The lowest BCUT2D eigenvalue weighted by molar-refractivity contribution is 0.0913. The van der Waals surface area contributed by atoms with Crippen LogP contribution >= 0.6 is 0 Å². The maximum Gasteiger partial charge on any atom is 0.135 e. The quantitative estimate of drug-likeness (QED) is 0.179. The van der Waals surface area contributed by atoms with Crippen LogP contribution in [0, 0.1) is 23.7 Å². The fourth-order valence-electron chi connectivity index (χ4n) is 13.4. The lowest BCUT2D eigenvalue weighted by atomic mass is 9.52. The number of nitrogens with zero attached hydrogens (tertiary/aromatic N) is 1. The second-order valence-electron chi connectivity index (χ2n) is 18.3. The van der Waals surface area contributed by atoms with E-state index in [4.69, 9.17) is 4.42 Å². The smallest absolute Gasteiger partial charge is 0.135 e. The number of hydrogen-bond acceptors (Lipinski definition) is 2. The summed E-state index contributed by atoms with van der Waals surface area (Å²) in [6.45, 7) is 5.03. The first kappa shape index (κ1) is 33.1. The summed E-state index contributed by atoms with van der Waals surface area (Å²) in [5.41, 5.74) is 17.8. The molecule has 56 heavy (non-hydrogen) atoms. The van der Waals surface area contributed by atoms with E-state index in [0.29, 0.717) is 17.8 Å². The van der Waals surface area contributed by atoms with E-state index < -0.39 is 0 Å². The number of benzene rings is 6. The Labute approximate surface area is 331 Å². The Morgan fingerprint density at radius 2 is 1.18 bits per heavy atom. The van der Waals surface area contributed by atoms with Crippen molar-refractivity contribution in [3.8, 4) is 22.3 Å². The predicted octanol–water partition coefficient (Wildman–Crippen LogP) is 15.0. The summed E-state index contributed by atoms with van der Waals surface area (Å²) in [4.78, 5) is 2.59. The third kappa shape index (κ3) is 4.39. The van der Waals surface area contributed by atoms with E-state index in [0.717, 1.165) is 17.1 Å². The second kappa shape index (κ2) is 12.2. The highest BCUT2D eigenvalue weighted by Crippen LogP contribution is 2.66. The Balaban J connectivity index is 1.10. The molecule has 278 valence electrons. The standard InChI is InChI=1S/C54H51NO/c1-3-35-19-21-36-20-18-34(2)48(30-35)54(36)47-16-8-5-13-41(47)43-26-23-39(33-50(43)54)55(37-24-27-52-45(31-37)44-14-6-9-17-51(44)56-52)38-22-25-42-40-12-4-7-15-46(40)53(49(42)32-38)28-10-11-29-53/h4-9,12-17,22-27,31-36,48H,3,10-11,18-21,28-30H2,1-2H3/t34-,35?,36?,48?,54?/m0/s1. The molecule has 5 atom stereocenters. The highest BCUT2D eigenvalue weighted by atomic mass is 16.3. The van der Waals surface area contributed by atoms with Crippen molar-refractivity contribution in [2.24, 2.45) is 23.7 Å². The molecule has 5 aliphatic rings. The zero-order valence-electron chi connectivity index (χ0n) is 32.9. The third-order valence-electron chi connectivity index (χ3n) is 15.9. The van der Waals surface area contributed by atoms with Crippen LogP contribution in [-0.4, -0.2) is 0 Å². The maximum absolute atomic E-state index is 6.39. The van der Waals surface area contributed by atoms with Crippen LogP contribution in [0.1, 0.15) is 100 Å². The van der Waals surface area contributed by atoms with Crippen LogP contribution in [0.15, 0.2) is 132 Å². The van der Waals surface area contributed by atoms with E-state index >= 15 is 0 Å². The van der Waals surface area contributed by atoms with E-state index in [1.165, 1.54) is 120 Å². The van der Waals surface area contributed by atoms with E-state index in [2.05, 4.69) is 146 Å². The van der Waals surface area contributed by atoms with Gasteiger partial charge in [0.25, 0.3) is 0 Å². The van der Waals surface area contributed by atoms with Crippen LogP contribution in [0.25, 0.3) is 44.2 Å². The number of rotatable bonds is 4. The highest BCUT2D eigenvalue weighted by molar-refractivity contribution is 6.06. The normalized spacial score (nSPS) is 25.3. The first-order chi connectivity index (χ1) is 27.6. The number of furan rings is 1. The lowest BCUT2D eigenvalue weighted by Gasteiger charge is -2.51. The SMILES string of the molecule is CCC1CCC2CC[C@H](C)C(C1)C21c2ccccc2-c2ccc(N(c3ccc4c(c3)C3(CCCC3)c3ccccc3-4)c3ccc4oc5ccccc5c4c3)cc21. The Kier molecular flexibility index (Phi) is 7.22. The van der Waals surface area contributed by atoms with Gasteiger partial charge in [-0.25, -0.2) is 0 Å². The van der Waals surface area contributed by atoms with Crippen LogP contribution < -0.4 is 4.90 Å². The summed E-state index contributed by atoms with van der Waals surface area (Å²) < 4.78 is 6.39. The maximum atomic E-state index is 6.39. The first-order valence-corrected chi connectivity index (χ1v) is 21.8. The molecule has 0 N–H and O–H groups in total. The molecule has 0 radical (unpaired) electrons. The van der Waals surface area contributed by atoms with Gasteiger partial charge in [-0.2, -0.15) is 0 Å². The molecule has 2 nitrogen and oxygen atoms in total. The molecule has 2 heteroatoms. The van der Waals surface area contributed by atoms with Crippen molar-refractivity contribution in [3.05, 3.63) is 150 Å². The molecular weight excluding hydrogens is 679 g/mol. The molecule has 4 unspecified atom stereocenters. The fourth-order valence-corrected chi connectivity index (χ4v) is 13.4. The van der Waals surface area contributed by atoms with Crippen molar-refractivity contribution >= 4 is 39.0 Å². The van der Waals surface area contributed by atoms with Crippen LogP contribution in [-0.2, 0) is 10.8 Å². The molecule has 0 amide bonds. The largest absolute Gasteiger partial charge is 0.456 e. The van der Waals surface area contributed by atoms with Crippen LogP contribution in [0.3, 0.4) is 0 Å². The summed E-state index contributed by atoms with van der Waals surface area (Å²) >= 11 is 0. The molecule has 7 aromatic rings. The third-order valence-corrected chi connectivity index (χ3v) is 15.9. The predicted molar refractivity (Wildman–Crippen MR) is 232 cm³/mol. The van der Waals surface area contributed by atoms with Crippen LogP contribution in [0.4, 0.5) is 17.1 Å². The Hall–Kier alpha value is -5.08. The van der Waals surface area contributed by atoms with Gasteiger partial charge in [-0.3, -0.25) is 0 Å². The van der Waals surface area contributed by atoms with Crippen LogP contribution in [0.2, 0.25) is 0 Å². The van der Waals surface area contributed by atoms with Gasteiger partial charge < -0.3 is 9.32 Å². The van der Waals surface area contributed by atoms with Gasteiger partial charge in [0, 0.05) is 38.7 Å². The van der Waals surface area contributed by atoms with Gasteiger partial charge in [-0.15, -0.1) is 0 Å². The second-order valence-corrected chi connectivity index (χ2v) is 18.3. The summed E-state index contributed by atoms with van der Waals surface area (Å²) in [6.07, 6.45) is 13.1. The number of para-hydroxylation sites is 1. The summed E-state index contributed by atoms with van der Waals surface area (Å²) in [5.74, 6) is 2.83. The van der Waals surface area contributed by atoms with Gasteiger partial charge in [-0.05, 0) is 149 Å². The Bertz CT molecular complexity index is 2690. The Morgan fingerprint density at radius 1 is 0.571 bits per heavy atom. The van der Waals surface area contributed by atoms with Crippen molar-refractivity contribution < 1.29 is 4.42 Å². The minimum atomic E-state index is 0.0490. The molecule has 3 saturated carbocycles. The summed E-state index contributed by atoms with van der Waals surface area (Å²) in [5, 5.41) is 2.35. The molecule has 2 bridgehead atoms. The summed E-state index contributed by atoms with van der Waals surface area (Å²) in [6, 6.07) is 49.3. The zero-order chi connectivity index (χ0) is 37.2. The van der Waals surface area contributed by atoms with E-state index in [9.17, 15) is 0 Å². The average Bonchev–Trinajstić information content (AvgIpc) is 3.99. The van der Waals surface area contributed by atoms with E-state index in [1.807, 2.05) is 0 Å². The van der Waals surface area contributed by atoms with Crippen molar-refractivity contribution in [2.75, 3.05) is 4.90 Å². The fraction of sp³-hybridized carbons (Fsp3) is 0.333. The van der Waals surface area contributed by atoms with Gasteiger partial charge in [-0.1, -0.05) is 125 Å². The average molecular weight is 730 g/mol. The van der Waals surface area contributed by atoms with Crippen LogP contribution in [0.5, 0.6) is 0 Å². The lowest BCUT2D eigenvalue weighted by Crippen LogP contribution is -2.47. The van der Waals surface area contributed by atoms with E-state index in [1.54, 1.807) is 16.7 Å². The van der Waals surface area contributed by atoms with Gasteiger partial charge in [0.05, 0.1) is 0 Å². The summed E-state index contributed by atoms with van der Waals surface area (Å²) in [7, 11) is 0. The number of anilines is 3. The molecule has 12 rings (SSSR count). The zero-order valence-corrected chi connectivity index (χ0v) is 32.9. The molecular formula is C54H51NO. The Morgan fingerprint density at radius 3 is 1.98 bits per heavy atom. The first-order valence-electron chi connectivity index (χ1n) is 21.8. The molecule has 0 aliphatic heterocycles. The monoisotopic (exact) mass is 729 g/mol. The molecule has 1 heterocycles. The number of hydrogen-bond donors (Lipinski definition) is 0. The van der Waals surface area contributed by atoms with Gasteiger partial charge in [0.1, 0.15) is 11.2 Å². The molecule has 1 aromatic heterocycles. The molecule has 0 saturated heterocycles. The topological polar surface area (TPSA) is 16.4 Å². The van der Waals surface area contributed by atoms with Gasteiger partial charge >= 0.3 is 0 Å². The van der Waals surface area contributed by atoms with Gasteiger partial charge in [0.2, 0.25) is 0 Å². The molecule has 5 aliphatic carbocycles. The molecule has 3 fully saturated rings. The van der Waals surface area contributed by atoms with Crippen molar-refractivity contribution in [1.29, 1.82) is 0 Å². The molecule has 6 aromatic carbocycles. The minimum absolute atomic E-state index is 0.0490. The molecule has 2 spiro atoms. The van der Waals surface area contributed by atoms with E-state index in [-0.39, 0.29) is 10.8 Å².